The molecule has 0 N–H and O–H groups in total. The van der Waals surface area contributed by atoms with E-state index in [2.05, 4.69) is 6.58 Å². The van der Waals surface area contributed by atoms with Crippen molar-refractivity contribution in [3.05, 3.63) is 52.6 Å². The molecule has 4 heteroatoms. The summed E-state index contributed by atoms with van der Waals surface area (Å²) in [4.78, 5) is 10.1. The third-order valence-corrected chi connectivity index (χ3v) is 2.15. The number of nitrogens with zero attached hydrogens (tertiary/aromatic N) is 1. The highest BCUT2D eigenvalue weighted by atomic mass is 16.6. The molecule has 4 nitrogen and oxygen atoms in total. The quantitative estimate of drug-likeness (QED) is 0.422. The van der Waals surface area contributed by atoms with Gasteiger partial charge in [0.25, 0.3) is 0 Å². The Morgan fingerprint density at radius 1 is 1.67 bits per heavy atom. The van der Waals surface area contributed by atoms with Crippen molar-refractivity contribution in [3.8, 4) is 5.75 Å². The molecule has 0 aromatic heterocycles. The van der Waals surface area contributed by atoms with Crippen LogP contribution in [0.3, 0.4) is 0 Å². The first-order valence-electron chi connectivity index (χ1n) is 4.55. The van der Waals surface area contributed by atoms with Gasteiger partial charge in [-0.05, 0) is 17.7 Å². The first-order valence-corrected chi connectivity index (χ1v) is 4.55. The van der Waals surface area contributed by atoms with E-state index in [-0.39, 0.29) is 17.4 Å². The lowest BCUT2D eigenvalue weighted by Gasteiger charge is -2.09. The molecule has 15 heavy (non-hydrogen) atoms. The molecular formula is C11H13NO3. The molecular weight excluding hydrogens is 194 g/mol. The van der Waals surface area contributed by atoms with Gasteiger partial charge >= 0.3 is 0 Å². The third-order valence-electron chi connectivity index (χ3n) is 2.15. The molecule has 80 valence electrons. The number of hydrogen-bond acceptors (Lipinski definition) is 3. The first-order chi connectivity index (χ1) is 7.17. The SMILES string of the molecule is C=C[C@@H](C[N+](=O)[O-])c1cccc(OC)c1. The van der Waals surface area contributed by atoms with Crippen molar-refractivity contribution in [3.63, 3.8) is 0 Å². The minimum Gasteiger partial charge on any atom is -0.497 e. The zero-order chi connectivity index (χ0) is 11.3. The third kappa shape index (κ3) is 3.09. The van der Waals surface area contributed by atoms with Crippen molar-refractivity contribution in [2.75, 3.05) is 13.7 Å². The lowest BCUT2D eigenvalue weighted by atomic mass is 9.99. The fourth-order valence-corrected chi connectivity index (χ4v) is 1.35. The van der Waals surface area contributed by atoms with Gasteiger partial charge in [0, 0.05) is 4.92 Å². The van der Waals surface area contributed by atoms with Crippen LogP contribution in [-0.2, 0) is 0 Å². The highest BCUT2D eigenvalue weighted by Gasteiger charge is 2.14. The molecule has 0 amide bonds. The van der Waals surface area contributed by atoms with Gasteiger partial charge in [-0.3, -0.25) is 10.1 Å². The van der Waals surface area contributed by atoms with Crippen LogP contribution in [0, 0.1) is 10.1 Å². The fourth-order valence-electron chi connectivity index (χ4n) is 1.35. The minimum atomic E-state index is -0.341. The lowest BCUT2D eigenvalue weighted by Crippen LogP contribution is -2.10. The number of methoxy groups -OCH3 is 1. The molecule has 0 aliphatic heterocycles. The van der Waals surface area contributed by atoms with Gasteiger partial charge in [0.05, 0.1) is 13.0 Å². The zero-order valence-corrected chi connectivity index (χ0v) is 8.55. The maximum absolute atomic E-state index is 10.4. The number of ether oxygens (including phenoxy) is 1. The molecule has 1 rings (SSSR count). The van der Waals surface area contributed by atoms with Gasteiger partial charge in [-0.15, -0.1) is 6.58 Å². The highest BCUT2D eigenvalue weighted by Crippen LogP contribution is 2.21. The number of nitro groups is 1. The van der Waals surface area contributed by atoms with E-state index in [0.717, 1.165) is 5.56 Å². The van der Waals surface area contributed by atoms with Gasteiger partial charge in [-0.25, -0.2) is 0 Å². The van der Waals surface area contributed by atoms with Gasteiger partial charge in [-0.2, -0.15) is 0 Å². The van der Waals surface area contributed by atoms with Crippen LogP contribution in [0.15, 0.2) is 36.9 Å². The molecule has 0 unspecified atom stereocenters. The summed E-state index contributed by atoms with van der Waals surface area (Å²) < 4.78 is 5.05. The molecule has 0 bridgehead atoms. The van der Waals surface area contributed by atoms with E-state index < -0.39 is 0 Å². The van der Waals surface area contributed by atoms with Crippen LogP contribution in [0.5, 0.6) is 5.75 Å². The maximum atomic E-state index is 10.4. The monoisotopic (exact) mass is 207 g/mol. The summed E-state index contributed by atoms with van der Waals surface area (Å²) in [6.07, 6.45) is 1.58. The van der Waals surface area contributed by atoms with Gasteiger partial charge in [0.1, 0.15) is 5.75 Å². The summed E-state index contributed by atoms with van der Waals surface area (Å²) >= 11 is 0. The van der Waals surface area contributed by atoms with Gasteiger partial charge in [0.2, 0.25) is 6.54 Å². The number of benzene rings is 1. The van der Waals surface area contributed by atoms with E-state index in [1.807, 2.05) is 12.1 Å². The van der Waals surface area contributed by atoms with Crippen LogP contribution in [0.25, 0.3) is 0 Å². The Kier molecular flexibility index (Phi) is 3.85. The molecule has 0 radical (unpaired) electrons. The molecule has 0 saturated carbocycles. The summed E-state index contributed by atoms with van der Waals surface area (Å²) in [7, 11) is 1.57. The van der Waals surface area contributed by atoms with Crippen LogP contribution in [0.2, 0.25) is 0 Å². The lowest BCUT2D eigenvalue weighted by molar-refractivity contribution is -0.481. The normalized spacial score (nSPS) is 11.8. The Morgan fingerprint density at radius 3 is 2.93 bits per heavy atom. The molecule has 0 spiro atoms. The van der Waals surface area contributed by atoms with Crippen LogP contribution in [-0.4, -0.2) is 18.6 Å². The highest BCUT2D eigenvalue weighted by molar-refractivity contribution is 5.32. The molecule has 1 aromatic rings. The van der Waals surface area contributed by atoms with Gasteiger partial charge < -0.3 is 4.74 Å². The van der Waals surface area contributed by atoms with Gasteiger partial charge in [-0.1, -0.05) is 18.2 Å². The van der Waals surface area contributed by atoms with Crippen molar-refractivity contribution >= 4 is 0 Å². The van der Waals surface area contributed by atoms with E-state index in [1.165, 1.54) is 0 Å². The number of hydrogen-bond donors (Lipinski definition) is 0. The second-order valence-electron chi connectivity index (χ2n) is 3.13. The minimum absolute atomic E-state index is 0.142. The van der Waals surface area contributed by atoms with E-state index in [1.54, 1.807) is 25.3 Å². The molecule has 0 aliphatic rings. The second-order valence-corrected chi connectivity index (χ2v) is 3.13. The Morgan fingerprint density at radius 2 is 2.40 bits per heavy atom. The first kappa shape index (κ1) is 11.2. The smallest absolute Gasteiger partial charge is 0.214 e. The summed E-state index contributed by atoms with van der Waals surface area (Å²) in [5, 5.41) is 10.4. The summed E-state index contributed by atoms with van der Waals surface area (Å²) in [5.74, 6) is 0.429. The number of rotatable bonds is 5. The molecule has 0 heterocycles. The van der Waals surface area contributed by atoms with Crippen LogP contribution in [0.1, 0.15) is 11.5 Å². The Bertz CT molecular complexity index is 363. The summed E-state index contributed by atoms with van der Waals surface area (Å²) in [6, 6.07) is 7.23. The predicted molar refractivity (Wildman–Crippen MR) is 57.8 cm³/mol. The zero-order valence-electron chi connectivity index (χ0n) is 8.55. The largest absolute Gasteiger partial charge is 0.497 e. The van der Waals surface area contributed by atoms with Crippen molar-refractivity contribution in [2.45, 2.75) is 5.92 Å². The van der Waals surface area contributed by atoms with Crippen LogP contribution in [0.4, 0.5) is 0 Å². The second kappa shape index (κ2) is 5.14. The van der Waals surface area contributed by atoms with Crippen LogP contribution >= 0.6 is 0 Å². The predicted octanol–water partition coefficient (Wildman–Crippen LogP) is 2.24. The Balaban J connectivity index is 2.90. The Hall–Kier alpha value is -1.84. The van der Waals surface area contributed by atoms with Crippen molar-refractivity contribution in [2.24, 2.45) is 0 Å². The molecule has 1 atom stereocenters. The van der Waals surface area contributed by atoms with E-state index in [0.29, 0.717) is 5.75 Å². The standard InChI is InChI=1S/C11H13NO3/c1-3-9(8-12(13)14)10-5-4-6-11(7-10)15-2/h3-7,9H,1,8H2,2H3/t9-/m0/s1. The fraction of sp³-hybridized carbons (Fsp3) is 0.273. The molecule has 0 fully saturated rings. The van der Waals surface area contributed by atoms with Gasteiger partial charge in [0.15, 0.2) is 0 Å². The average molecular weight is 207 g/mol. The van der Waals surface area contributed by atoms with Crippen LogP contribution < -0.4 is 4.74 Å². The molecule has 1 aromatic carbocycles. The Labute approximate surface area is 88.3 Å². The summed E-state index contributed by atoms with van der Waals surface area (Å²) in [5.41, 5.74) is 0.848. The van der Waals surface area contributed by atoms with E-state index >= 15 is 0 Å². The topological polar surface area (TPSA) is 52.4 Å². The molecule has 0 aliphatic carbocycles. The van der Waals surface area contributed by atoms with Crippen molar-refractivity contribution < 1.29 is 9.66 Å². The van der Waals surface area contributed by atoms with Crippen molar-refractivity contribution in [1.29, 1.82) is 0 Å². The van der Waals surface area contributed by atoms with Crippen molar-refractivity contribution in [1.82, 2.24) is 0 Å². The van der Waals surface area contributed by atoms with E-state index in [4.69, 9.17) is 4.74 Å². The van der Waals surface area contributed by atoms with E-state index in [9.17, 15) is 10.1 Å². The molecule has 0 saturated heterocycles. The summed E-state index contributed by atoms with van der Waals surface area (Å²) in [6.45, 7) is 3.46. The maximum Gasteiger partial charge on any atom is 0.214 e. The average Bonchev–Trinajstić information content (AvgIpc) is 2.25.